The molecule has 2 aromatic rings. The molecular formula is C7H4BrN3O2. The zero-order valence-electron chi connectivity index (χ0n) is 6.35. The number of fused-ring (bicyclic) bond motifs is 1. The smallest absolute Gasteiger partial charge is 0.274 e. The summed E-state index contributed by atoms with van der Waals surface area (Å²) in [5.41, 5.74) is 0.603. The van der Waals surface area contributed by atoms with Gasteiger partial charge in [0.15, 0.2) is 0 Å². The van der Waals surface area contributed by atoms with Crippen molar-refractivity contribution in [2.45, 2.75) is 0 Å². The standard InChI is InChI=1S/C7H4BrN3O2/c8-6-4-9-7-3-5(11(12)13)1-2-10(6)7/h1-4H. The third kappa shape index (κ3) is 1.29. The molecule has 0 spiro atoms. The van der Waals surface area contributed by atoms with Crippen LogP contribution in [-0.4, -0.2) is 14.3 Å². The van der Waals surface area contributed by atoms with Crippen molar-refractivity contribution in [3.8, 4) is 0 Å². The van der Waals surface area contributed by atoms with Gasteiger partial charge < -0.3 is 0 Å². The lowest BCUT2D eigenvalue weighted by Gasteiger charge is -1.94. The van der Waals surface area contributed by atoms with Crippen LogP contribution in [0, 0.1) is 10.1 Å². The van der Waals surface area contributed by atoms with E-state index in [-0.39, 0.29) is 5.69 Å². The maximum atomic E-state index is 10.4. The monoisotopic (exact) mass is 241 g/mol. The lowest BCUT2D eigenvalue weighted by molar-refractivity contribution is -0.384. The summed E-state index contributed by atoms with van der Waals surface area (Å²) in [6.07, 6.45) is 3.20. The van der Waals surface area contributed by atoms with Gasteiger partial charge in [0.1, 0.15) is 10.3 Å². The first-order valence-corrected chi connectivity index (χ1v) is 4.25. The molecule has 0 amide bonds. The van der Waals surface area contributed by atoms with E-state index in [2.05, 4.69) is 20.9 Å². The highest BCUT2D eigenvalue weighted by molar-refractivity contribution is 9.10. The number of aromatic nitrogens is 2. The fourth-order valence-corrected chi connectivity index (χ4v) is 1.45. The lowest BCUT2D eigenvalue weighted by Crippen LogP contribution is -1.90. The number of nitrogens with zero attached hydrogens (tertiary/aromatic N) is 3. The predicted octanol–water partition coefficient (Wildman–Crippen LogP) is 2.00. The van der Waals surface area contributed by atoms with Gasteiger partial charge in [-0.05, 0) is 15.9 Å². The minimum Gasteiger partial charge on any atom is -0.294 e. The average Bonchev–Trinajstić information content (AvgIpc) is 2.47. The summed E-state index contributed by atoms with van der Waals surface area (Å²) in [6.45, 7) is 0. The minimum atomic E-state index is -0.442. The maximum absolute atomic E-state index is 10.4. The lowest BCUT2D eigenvalue weighted by atomic mass is 10.4. The molecule has 0 atom stereocenters. The molecule has 0 N–H and O–H groups in total. The molecule has 0 saturated heterocycles. The van der Waals surface area contributed by atoms with Crippen LogP contribution in [0.5, 0.6) is 0 Å². The summed E-state index contributed by atoms with van der Waals surface area (Å²) in [4.78, 5) is 13.9. The summed E-state index contributed by atoms with van der Waals surface area (Å²) in [7, 11) is 0. The highest BCUT2D eigenvalue weighted by Crippen LogP contribution is 2.17. The molecule has 2 rings (SSSR count). The molecule has 13 heavy (non-hydrogen) atoms. The van der Waals surface area contributed by atoms with E-state index >= 15 is 0 Å². The largest absolute Gasteiger partial charge is 0.294 e. The Balaban J connectivity index is 2.70. The Bertz CT molecular complexity index is 480. The number of rotatable bonds is 1. The second-order valence-corrected chi connectivity index (χ2v) is 3.26. The molecule has 0 saturated carbocycles. The molecule has 5 nitrogen and oxygen atoms in total. The number of imidazole rings is 1. The van der Waals surface area contributed by atoms with Gasteiger partial charge in [-0.1, -0.05) is 0 Å². The van der Waals surface area contributed by atoms with Gasteiger partial charge in [0.2, 0.25) is 0 Å². The highest BCUT2D eigenvalue weighted by atomic mass is 79.9. The van der Waals surface area contributed by atoms with Crippen LogP contribution in [-0.2, 0) is 0 Å². The van der Waals surface area contributed by atoms with Crippen molar-refractivity contribution in [1.29, 1.82) is 0 Å². The molecular weight excluding hydrogens is 238 g/mol. The van der Waals surface area contributed by atoms with Crippen LogP contribution >= 0.6 is 15.9 Å². The van der Waals surface area contributed by atoms with E-state index in [9.17, 15) is 10.1 Å². The minimum absolute atomic E-state index is 0.0469. The second-order valence-electron chi connectivity index (χ2n) is 2.45. The summed E-state index contributed by atoms with van der Waals surface area (Å²) < 4.78 is 2.49. The average molecular weight is 242 g/mol. The summed E-state index contributed by atoms with van der Waals surface area (Å²) in [5, 5.41) is 10.4. The summed E-state index contributed by atoms with van der Waals surface area (Å²) in [5.74, 6) is 0. The molecule has 0 aromatic carbocycles. The molecule has 0 unspecified atom stereocenters. The van der Waals surface area contributed by atoms with E-state index < -0.39 is 4.92 Å². The van der Waals surface area contributed by atoms with Gasteiger partial charge in [-0.25, -0.2) is 4.98 Å². The van der Waals surface area contributed by atoms with Crippen molar-refractivity contribution >= 4 is 27.3 Å². The van der Waals surface area contributed by atoms with Gasteiger partial charge in [0.25, 0.3) is 5.69 Å². The quantitative estimate of drug-likeness (QED) is 0.567. The number of halogens is 1. The van der Waals surface area contributed by atoms with E-state index in [0.717, 1.165) is 4.60 Å². The van der Waals surface area contributed by atoms with Crippen LogP contribution in [0.2, 0.25) is 0 Å². The third-order valence-electron chi connectivity index (χ3n) is 1.66. The van der Waals surface area contributed by atoms with E-state index in [4.69, 9.17) is 0 Å². The Labute approximate surface area is 81.3 Å². The first-order valence-electron chi connectivity index (χ1n) is 3.45. The predicted molar refractivity (Wildman–Crippen MR) is 49.5 cm³/mol. The van der Waals surface area contributed by atoms with Crippen LogP contribution in [0.15, 0.2) is 29.1 Å². The van der Waals surface area contributed by atoms with Gasteiger partial charge in [-0.2, -0.15) is 0 Å². The molecule has 66 valence electrons. The van der Waals surface area contributed by atoms with Crippen molar-refractivity contribution in [3.63, 3.8) is 0 Å². The van der Waals surface area contributed by atoms with Crippen LogP contribution < -0.4 is 0 Å². The number of nitro groups is 1. The fourth-order valence-electron chi connectivity index (χ4n) is 1.05. The Morgan fingerprint density at radius 1 is 1.62 bits per heavy atom. The van der Waals surface area contributed by atoms with Gasteiger partial charge in [0, 0.05) is 12.3 Å². The van der Waals surface area contributed by atoms with Gasteiger partial charge in [0.05, 0.1) is 17.2 Å². The van der Waals surface area contributed by atoms with E-state index in [1.807, 2.05) is 0 Å². The molecule has 0 fully saturated rings. The fraction of sp³-hybridized carbons (Fsp3) is 0. The van der Waals surface area contributed by atoms with Gasteiger partial charge >= 0.3 is 0 Å². The molecule has 0 radical (unpaired) electrons. The van der Waals surface area contributed by atoms with Gasteiger partial charge in [-0.15, -0.1) is 0 Å². The zero-order valence-corrected chi connectivity index (χ0v) is 7.93. The molecule has 6 heteroatoms. The number of hydrogen-bond acceptors (Lipinski definition) is 3. The third-order valence-corrected chi connectivity index (χ3v) is 2.25. The molecule has 2 aromatic heterocycles. The first-order chi connectivity index (χ1) is 6.18. The van der Waals surface area contributed by atoms with Crippen LogP contribution in [0.1, 0.15) is 0 Å². The first kappa shape index (κ1) is 8.18. The summed E-state index contributed by atoms with van der Waals surface area (Å²) >= 11 is 3.26. The molecule has 0 bridgehead atoms. The van der Waals surface area contributed by atoms with Crippen molar-refractivity contribution in [2.24, 2.45) is 0 Å². The summed E-state index contributed by atoms with van der Waals surface area (Å²) in [6, 6.07) is 2.85. The van der Waals surface area contributed by atoms with Crippen molar-refractivity contribution in [3.05, 3.63) is 39.2 Å². The van der Waals surface area contributed by atoms with Crippen molar-refractivity contribution in [1.82, 2.24) is 9.38 Å². The van der Waals surface area contributed by atoms with Crippen LogP contribution in [0.4, 0.5) is 5.69 Å². The van der Waals surface area contributed by atoms with Crippen LogP contribution in [0.25, 0.3) is 5.65 Å². The molecule has 0 aliphatic heterocycles. The maximum Gasteiger partial charge on any atom is 0.274 e. The van der Waals surface area contributed by atoms with E-state index in [0.29, 0.717) is 5.65 Å². The van der Waals surface area contributed by atoms with Crippen molar-refractivity contribution in [2.75, 3.05) is 0 Å². The topological polar surface area (TPSA) is 60.4 Å². The second kappa shape index (κ2) is 2.81. The Kier molecular flexibility index (Phi) is 1.77. The van der Waals surface area contributed by atoms with Crippen molar-refractivity contribution < 1.29 is 4.92 Å². The molecule has 0 aliphatic carbocycles. The van der Waals surface area contributed by atoms with Crippen LogP contribution in [0.3, 0.4) is 0 Å². The normalized spacial score (nSPS) is 10.5. The Morgan fingerprint density at radius 2 is 2.38 bits per heavy atom. The highest BCUT2D eigenvalue weighted by Gasteiger charge is 2.07. The van der Waals surface area contributed by atoms with E-state index in [1.165, 1.54) is 12.1 Å². The van der Waals surface area contributed by atoms with E-state index in [1.54, 1.807) is 16.8 Å². The molecule has 2 heterocycles. The Morgan fingerprint density at radius 3 is 3.08 bits per heavy atom. The number of hydrogen-bond donors (Lipinski definition) is 0. The number of pyridine rings is 1. The zero-order chi connectivity index (χ0) is 9.42. The Hall–Kier alpha value is -1.43. The van der Waals surface area contributed by atoms with Gasteiger partial charge in [-0.3, -0.25) is 14.5 Å². The molecule has 0 aliphatic rings. The SMILES string of the molecule is O=[N+]([O-])c1ccn2c(Br)cnc2c1.